The number of rotatable bonds is 0. The molecule has 4 N–H and O–H groups in total. The van der Waals surface area contributed by atoms with Crippen LogP contribution in [0.25, 0.3) is 0 Å². The third kappa shape index (κ3) is 0.759. The predicted octanol–water partition coefficient (Wildman–Crippen LogP) is -1.56. The van der Waals surface area contributed by atoms with Crippen LogP contribution in [0.15, 0.2) is 6.33 Å². The molecule has 0 bridgehead atoms. The molecule has 6 heteroatoms. The first-order valence-corrected chi connectivity index (χ1v) is 2.96. The molecular formula is C5H5N5O+. The van der Waals surface area contributed by atoms with E-state index in [9.17, 15) is 4.79 Å². The predicted molar refractivity (Wildman–Crippen MR) is 37.0 cm³/mol. The quantitative estimate of drug-likeness (QED) is 0.418. The Morgan fingerprint density at radius 3 is 3.27 bits per heavy atom. The second kappa shape index (κ2) is 1.82. The standard InChI is InChI=1S/C5H5N5O/c6-5-9-3-2(4(11)10-5)7-1-8-3/h1H,(H,7,8)(H3,6,10,11)/q+1. The normalized spacial score (nSPS) is 15.3. The number of nitrogens with two attached hydrogens (primary N) is 1. The zero-order valence-electron chi connectivity index (χ0n) is 5.46. The number of hydrogen-bond acceptors (Lipinski definition) is 4. The van der Waals surface area contributed by atoms with E-state index in [1.807, 2.05) is 0 Å². The number of guanidine groups is 1. The van der Waals surface area contributed by atoms with Crippen molar-refractivity contribution in [2.45, 2.75) is 0 Å². The van der Waals surface area contributed by atoms with Gasteiger partial charge in [-0.25, -0.2) is 5.32 Å². The lowest BCUT2D eigenvalue weighted by Gasteiger charge is -1.99. The van der Waals surface area contributed by atoms with E-state index in [1.165, 1.54) is 6.33 Å². The second-order valence-corrected chi connectivity index (χ2v) is 2.05. The summed E-state index contributed by atoms with van der Waals surface area (Å²) in [5, 5.41) is 2.34. The highest BCUT2D eigenvalue weighted by molar-refractivity contribution is 6.09. The Balaban J connectivity index is 2.60. The van der Waals surface area contributed by atoms with Gasteiger partial charge in [-0.05, 0) is 0 Å². The molecule has 1 radical (unpaired) electrons. The van der Waals surface area contributed by atoms with Crippen molar-refractivity contribution in [3.8, 4) is 0 Å². The van der Waals surface area contributed by atoms with Crippen molar-refractivity contribution in [2.75, 3.05) is 0 Å². The molecular weight excluding hydrogens is 146 g/mol. The van der Waals surface area contributed by atoms with E-state index >= 15 is 0 Å². The van der Waals surface area contributed by atoms with E-state index in [0.717, 1.165) is 0 Å². The third-order valence-corrected chi connectivity index (χ3v) is 1.31. The fourth-order valence-corrected chi connectivity index (χ4v) is 0.860. The number of aromatic amines is 1. The summed E-state index contributed by atoms with van der Waals surface area (Å²) in [5.74, 6) is 0.117. The summed E-state index contributed by atoms with van der Waals surface area (Å²) in [5.41, 5.74) is 5.61. The number of hydrogen-bond donors (Lipinski definition) is 3. The lowest BCUT2D eigenvalue weighted by molar-refractivity contribution is 0.0970. The number of amides is 1. The lowest BCUT2D eigenvalue weighted by atomic mass is 10.4. The molecule has 1 amide bonds. The van der Waals surface area contributed by atoms with Gasteiger partial charge in [0.1, 0.15) is 0 Å². The average Bonchev–Trinajstić information content (AvgIpc) is 2.34. The molecule has 2 heterocycles. The first-order valence-electron chi connectivity index (χ1n) is 2.96. The Kier molecular flexibility index (Phi) is 0.974. The molecule has 0 aromatic carbocycles. The molecule has 6 nitrogen and oxygen atoms in total. The highest BCUT2D eigenvalue weighted by Gasteiger charge is 2.26. The number of aromatic nitrogens is 2. The Morgan fingerprint density at radius 2 is 2.45 bits per heavy atom. The van der Waals surface area contributed by atoms with Gasteiger partial charge < -0.3 is 10.7 Å². The van der Waals surface area contributed by atoms with Gasteiger partial charge in [0.2, 0.25) is 0 Å². The molecule has 11 heavy (non-hydrogen) atoms. The minimum absolute atomic E-state index is 0.0783. The van der Waals surface area contributed by atoms with E-state index in [0.29, 0.717) is 11.5 Å². The van der Waals surface area contributed by atoms with Gasteiger partial charge in [-0.3, -0.25) is 4.79 Å². The number of H-pyrrole nitrogens is 1. The second-order valence-electron chi connectivity index (χ2n) is 2.05. The first-order chi connectivity index (χ1) is 5.27. The van der Waals surface area contributed by atoms with Crippen LogP contribution in [0.3, 0.4) is 0 Å². The fraction of sp³-hybridized carbons (Fsp3) is 0. The van der Waals surface area contributed by atoms with Crippen molar-refractivity contribution in [3.63, 3.8) is 0 Å². The monoisotopic (exact) mass is 151 g/mol. The van der Waals surface area contributed by atoms with Gasteiger partial charge in [0, 0.05) is 0 Å². The zero-order chi connectivity index (χ0) is 7.84. The van der Waals surface area contributed by atoms with Crippen LogP contribution in [-0.2, 0) is 0 Å². The largest absolute Gasteiger partial charge is 0.346 e. The maximum absolute atomic E-state index is 11.0. The Labute approximate surface area is 61.5 Å². The summed E-state index contributed by atoms with van der Waals surface area (Å²) in [7, 11) is 0. The van der Waals surface area contributed by atoms with Crippen LogP contribution in [-0.4, -0.2) is 21.8 Å². The lowest BCUT2D eigenvalue weighted by Crippen LogP contribution is -2.42. The van der Waals surface area contributed by atoms with Gasteiger partial charge in [0.25, 0.3) is 5.82 Å². The average molecular weight is 151 g/mol. The molecule has 0 saturated heterocycles. The van der Waals surface area contributed by atoms with Crippen LogP contribution < -0.4 is 16.0 Å². The van der Waals surface area contributed by atoms with E-state index in [1.54, 1.807) is 0 Å². The maximum Gasteiger partial charge on any atom is 0.346 e. The van der Waals surface area contributed by atoms with Crippen LogP contribution in [0.1, 0.15) is 10.5 Å². The molecule has 0 atom stereocenters. The van der Waals surface area contributed by atoms with E-state index in [-0.39, 0.29) is 11.9 Å². The zero-order valence-corrected chi connectivity index (χ0v) is 5.46. The highest BCUT2D eigenvalue weighted by atomic mass is 16.2. The fourth-order valence-electron chi connectivity index (χ4n) is 0.860. The van der Waals surface area contributed by atoms with Crippen molar-refractivity contribution < 1.29 is 4.79 Å². The minimum Gasteiger partial charge on any atom is -0.326 e. The van der Waals surface area contributed by atoms with Crippen LogP contribution in [0.5, 0.6) is 0 Å². The molecule has 1 aliphatic heterocycles. The minimum atomic E-state index is -0.301. The van der Waals surface area contributed by atoms with Gasteiger partial charge in [0.05, 0.1) is 0 Å². The molecule has 1 aromatic rings. The molecule has 0 spiro atoms. The summed E-state index contributed by atoms with van der Waals surface area (Å²) in [6.45, 7) is 0. The Morgan fingerprint density at radius 1 is 1.64 bits per heavy atom. The maximum atomic E-state index is 11.0. The van der Waals surface area contributed by atoms with Gasteiger partial charge in [-0.2, -0.15) is 0 Å². The smallest absolute Gasteiger partial charge is 0.326 e. The first kappa shape index (κ1) is 5.90. The molecule has 1 aliphatic rings. The molecule has 0 aliphatic carbocycles. The van der Waals surface area contributed by atoms with Crippen LogP contribution in [0.2, 0.25) is 0 Å². The number of nitrogens with zero attached hydrogens (tertiary/aromatic N) is 2. The highest BCUT2D eigenvalue weighted by Crippen LogP contribution is 2.08. The molecule has 55 valence electrons. The van der Waals surface area contributed by atoms with Gasteiger partial charge in [0.15, 0.2) is 12.0 Å². The van der Waals surface area contributed by atoms with Crippen LogP contribution in [0, 0.1) is 0 Å². The number of aliphatic imine (C=N–C) groups is 1. The van der Waals surface area contributed by atoms with Crippen LogP contribution >= 0.6 is 0 Å². The van der Waals surface area contributed by atoms with Crippen molar-refractivity contribution >= 4 is 17.7 Å². The molecule has 2 rings (SSSR count). The summed E-state index contributed by atoms with van der Waals surface area (Å²) in [6.07, 6.45) is 1.40. The van der Waals surface area contributed by atoms with Gasteiger partial charge in [-0.15, -0.1) is 4.98 Å². The molecule has 0 unspecified atom stereocenters. The van der Waals surface area contributed by atoms with Crippen LogP contribution in [0.4, 0.5) is 5.82 Å². The number of fused-ring (bicyclic) bond motifs is 1. The summed E-state index contributed by atoms with van der Waals surface area (Å²) in [6, 6.07) is 0. The number of carbonyl (C=O) groups is 1. The van der Waals surface area contributed by atoms with Gasteiger partial charge in [-0.1, -0.05) is 4.99 Å². The SMILES string of the molecule is NC1=[N+]c2nc[nH]c2C(=O)N1. The van der Waals surface area contributed by atoms with E-state index in [2.05, 4.69) is 20.3 Å². The van der Waals surface area contributed by atoms with Crippen molar-refractivity contribution in [1.29, 1.82) is 0 Å². The topological polar surface area (TPSA) is 97.9 Å². The van der Waals surface area contributed by atoms with Crippen molar-refractivity contribution in [1.82, 2.24) is 20.3 Å². The Hall–Kier alpha value is -1.85. The van der Waals surface area contributed by atoms with E-state index in [4.69, 9.17) is 5.73 Å². The summed E-state index contributed by atoms with van der Waals surface area (Å²) in [4.78, 5) is 21.2. The number of nitrogens with one attached hydrogen (secondary N) is 2. The molecule has 1 aromatic heterocycles. The number of imidazole rings is 1. The van der Waals surface area contributed by atoms with E-state index < -0.39 is 0 Å². The summed E-state index contributed by atoms with van der Waals surface area (Å²) >= 11 is 0. The van der Waals surface area contributed by atoms with Crippen molar-refractivity contribution in [2.24, 2.45) is 5.73 Å². The molecule has 0 fully saturated rings. The number of carbonyl (C=O) groups excluding carboxylic acids is 1. The van der Waals surface area contributed by atoms with Gasteiger partial charge >= 0.3 is 11.9 Å². The Bertz CT molecular complexity index is 338. The van der Waals surface area contributed by atoms with Crippen molar-refractivity contribution in [3.05, 3.63) is 12.0 Å². The summed E-state index contributed by atoms with van der Waals surface area (Å²) < 4.78 is 0. The third-order valence-electron chi connectivity index (χ3n) is 1.31. The molecule has 0 saturated carbocycles.